The minimum atomic E-state index is -0.692. The summed E-state index contributed by atoms with van der Waals surface area (Å²) < 4.78 is 11.8. The Balaban J connectivity index is 2.22. The summed E-state index contributed by atoms with van der Waals surface area (Å²) in [7, 11) is 1.70. The molecular weight excluding hydrogens is 334 g/mol. The quantitative estimate of drug-likeness (QED) is 0.817. The summed E-state index contributed by atoms with van der Waals surface area (Å²) in [5.74, 6) is -0.185. The number of carbonyl (C=O) groups is 1. The highest BCUT2D eigenvalue weighted by Crippen LogP contribution is 2.34. The Hall–Kier alpha value is -1.07. The molecule has 0 radical (unpaired) electrons. The van der Waals surface area contributed by atoms with Gasteiger partial charge >= 0.3 is 5.97 Å². The molecule has 1 saturated carbocycles. The van der Waals surface area contributed by atoms with Crippen LogP contribution in [-0.2, 0) is 14.3 Å². The summed E-state index contributed by atoms with van der Waals surface area (Å²) in [6, 6.07) is 7.83. The van der Waals surface area contributed by atoms with E-state index in [0.29, 0.717) is 13.0 Å². The van der Waals surface area contributed by atoms with E-state index in [1.165, 1.54) is 0 Å². The zero-order chi connectivity index (χ0) is 15.3. The van der Waals surface area contributed by atoms with Crippen molar-refractivity contribution in [1.82, 2.24) is 0 Å². The molecule has 2 unspecified atom stereocenters. The van der Waals surface area contributed by atoms with E-state index in [1.54, 1.807) is 7.11 Å². The first-order valence-electron chi connectivity index (χ1n) is 7.33. The van der Waals surface area contributed by atoms with Crippen molar-refractivity contribution in [2.45, 2.75) is 44.2 Å². The molecule has 0 aliphatic heterocycles. The lowest BCUT2D eigenvalue weighted by Crippen LogP contribution is -2.52. The van der Waals surface area contributed by atoms with Crippen molar-refractivity contribution in [2.75, 3.05) is 19.0 Å². The fourth-order valence-electron chi connectivity index (χ4n) is 2.85. The molecule has 1 aromatic rings. The highest BCUT2D eigenvalue weighted by atomic mass is 79.9. The molecule has 116 valence electrons. The molecule has 0 aromatic heterocycles. The average Bonchev–Trinajstić information content (AvgIpc) is 2.50. The molecular formula is C16H22BrNO3. The predicted octanol–water partition coefficient (Wildman–Crippen LogP) is 3.75. The molecule has 1 aliphatic carbocycles. The number of hydrogen-bond donors (Lipinski definition) is 1. The van der Waals surface area contributed by atoms with Crippen LogP contribution in [0, 0.1) is 0 Å². The van der Waals surface area contributed by atoms with Gasteiger partial charge < -0.3 is 14.8 Å². The van der Waals surface area contributed by atoms with Crippen LogP contribution < -0.4 is 5.32 Å². The third-order valence-corrected chi connectivity index (χ3v) is 4.46. The molecule has 21 heavy (non-hydrogen) atoms. The fourth-order valence-corrected chi connectivity index (χ4v) is 3.12. The lowest BCUT2D eigenvalue weighted by Gasteiger charge is -2.39. The van der Waals surface area contributed by atoms with Crippen LogP contribution in [0.1, 0.15) is 32.6 Å². The molecule has 1 fully saturated rings. The topological polar surface area (TPSA) is 47.6 Å². The van der Waals surface area contributed by atoms with Crippen molar-refractivity contribution in [1.29, 1.82) is 0 Å². The summed E-state index contributed by atoms with van der Waals surface area (Å²) in [5.41, 5.74) is 0.228. The maximum absolute atomic E-state index is 12.5. The van der Waals surface area contributed by atoms with Crippen LogP contribution in [0.25, 0.3) is 0 Å². The number of anilines is 1. The number of methoxy groups -OCH3 is 1. The summed E-state index contributed by atoms with van der Waals surface area (Å²) in [4.78, 5) is 12.5. The Morgan fingerprint density at radius 2 is 2.14 bits per heavy atom. The standard InChI is InChI=1S/C16H22BrNO3/c1-3-21-15(19)16(10-4-5-14(11-16)20-2)18-13-8-6-12(17)7-9-13/h6-9,14,18H,3-5,10-11H2,1-2H3. The second kappa shape index (κ2) is 7.27. The number of hydrogen-bond acceptors (Lipinski definition) is 4. The second-order valence-corrected chi connectivity index (χ2v) is 6.30. The summed E-state index contributed by atoms with van der Waals surface area (Å²) in [6.07, 6.45) is 3.42. The van der Waals surface area contributed by atoms with E-state index in [2.05, 4.69) is 21.2 Å². The first kappa shape index (κ1) is 16.3. The molecule has 2 rings (SSSR count). The second-order valence-electron chi connectivity index (χ2n) is 5.39. The first-order chi connectivity index (χ1) is 10.1. The lowest BCUT2D eigenvalue weighted by atomic mass is 9.79. The average molecular weight is 356 g/mol. The molecule has 5 heteroatoms. The minimum Gasteiger partial charge on any atom is -0.464 e. The minimum absolute atomic E-state index is 0.0890. The summed E-state index contributed by atoms with van der Waals surface area (Å²) >= 11 is 3.42. The van der Waals surface area contributed by atoms with E-state index in [1.807, 2.05) is 31.2 Å². The normalized spacial score (nSPS) is 25.4. The number of halogens is 1. The van der Waals surface area contributed by atoms with Crippen molar-refractivity contribution in [3.63, 3.8) is 0 Å². The summed E-state index contributed by atoms with van der Waals surface area (Å²) in [6.45, 7) is 2.22. The van der Waals surface area contributed by atoms with E-state index in [-0.39, 0.29) is 12.1 Å². The molecule has 2 atom stereocenters. The number of rotatable bonds is 5. The number of carbonyl (C=O) groups excluding carboxylic acids is 1. The first-order valence-corrected chi connectivity index (χ1v) is 8.12. The highest BCUT2D eigenvalue weighted by molar-refractivity contribution is 9.10. The van der Waals surface area contributed by atoms with Crippen molar-refractivity contribution in [2.24, 2.45) is 0 Å². The molecule has 1 aliphatic rings. The predicted molar refractivity (Wildman–Crippen MR) is 86.4 cm³/mol. The van der Waals surface area contributed by atoms with Crippen LogP contribution in [-0.4, -0.2) is 31.3 Å². The van der Waals surface area contributed by atoms with Gasteiger partial charge in [-0.05, 0) is 50.5 Å². The van der Waals surface area contributed by atoms with Gasteiger partial charge in [-0.2, -0.15) is 0 Å². The van der Waals surface area contributed by atoms with Crippen molar-refractivity contribution >= 4 is 27.6 Å². The van der Waals surface area contributed by atoms with Gasteiger partial charge in [0.1, 0.15) is 5.54 Å². The lowest BCUT2D eigenvalue weighted by molar-refractivity contribution is -0.151. The fraction of sp³-hybridized carbons (Fsp3) is 0.562. The molecule has 4 nitrogen and oxygen atoms in total. The van der Waals surface area contributed by atoms with Crippen LogP contribution in [0.15, 0.2) is 28.7 Å². The van der Waals surface area contributed by atoms with Gasteiger partial charge in [-0.3, -0.25) is 0 Å². The highest BCUT2D eigenvalue weighted by Gasteiger charge is 2.44. The van der Waals surface area contributed by atoms with Crippen LogP contribution in [0.4, 0.5) is 5.69 Å². The van der Waals surface area contributed by atoms with Gasteiger partial charge in [0.05, 0.1) is 12.7 Å². The van der Waals surface area contributed by atoms with Crippen LogP contribution in [0.5, 0.6) is 0 Å². The summed E-state index contributed by atoms with van der Waals surface area (Å²) in [5, 5.41) is 3.40. The molecule has 0 amide bonds. The van der Waals surface area contributed by atoms with E-state index in [4.69, 9.17) is 9.47 Å². The largest absolute Gasteiger partial charge is 0.464 e. The zero-order valence-corrected chi connectivity index (χ0v) is 14.1. The van der Waals surface area contributed by atoms with Crippen LogP contribution in [0.3, 0.4) is 0 Å². The number of ether oxygens (including phenoxy) is 2. The Bertz CT molecular complexity index is 477. The molecule has 0 bridgehead atoms. The van der Waals surface area contributed by atoms with E-state index >= 15 is 0 Å². The van der Waals surface area contributed by atoms with Gasteiger partial charge in [0.2, 0.25) is 0 Å². The third-order valence-electron chi connectivity index (χ3n) is 3.93. The van der Waals surface area contributed by atoms with Gasteiger partial charge in [0.15, 0.2) is 0 Å². The van der Waals surface area contributed by atoms with E-state index in [0.717, 1.165) is 29.4 Å². The number of esters is 1. The van der Waals surface area contributed by atoms with Crippen molar-refractivity contribution in [3.05, 3.63) is 28.7 Å². The SMILES string of the molecule is CCOC(=O)C1(Nc2ccc(Br)cc2)CCCC(OC)C1. The third kappa shape index (κ3) is 3.98. The number of nitrogens with one attached hydrogen (secondary N) is 1. The van der Waals surface area contributed by atoms with Gasteiger partial charge in [-0.25, -0.2) is 4.79 Å². The van der Waals surface area contributed by atoms with Gasteiger partial charge in [-0.15, -0.1) is 0 Å². The Morgan fingerprint density at radius 1 is 1.43 bits per heavy atom. The van der Waals surface area contributed by atoms with E-state index < -0.39 is 5.54 Å². The number of benzene rings is 1. The molecule has 0 saturated heterocycles. The Labute approximate surface area is 134 Å². The maximum atomic E-state index is 12.5. The zero-order valence-electron chi connectivity index (χ0n) is 12.5. The molecule has 0 spiro atoms. The monoisotopic (exact) mass is 355 g/mol. The Morgan fingerprint density at radius 3 is 2.76 bits per heavy atom. The van der Waals surface area contributed by atoms with Crippen molar-refractivity contribution < 1.29 is 14.3 Å². The molecule has 1 N–H and O–H groups in total. The van der Waals surface area contributed by atoms with Gasteiger partial charge in [-0.1, -0.05) is 15.9 Å². The van der Waals surface area contributed by atoms with Crippen LogP contribution >= 0.6 is 15.9 Å². The molecule has 0 heterocycles. The van der Waals surface area contributed by atoms with Crippen molar-refractivity contribution in [3.8, 4) is 0 Å². The molecule has 1 aromatic carbocycles. The smallest absolute Gasteiger partial charge is 0.331 e. The van der Waals surface area contributed by atoms with Crippen LogP contribution in [0.2, 0.25) is 0 Å². The van der Waals surface area contributed by atoms with Gasteiger partial charge in [0.25, 0.3) is 0 Å². The van der Waals surface area contributed by atoms with E-state index in [9.17, 15) is 4.79 Å². The van der Waals surface area contributed by atoms with Gasteiger partial charge in [0, 0.05) is 23.7 Å². The maximum Gasteiger partial charge on any atom is 0.331 e. The Kier molecular flexibility index (Phi) is 5.65.